The van der Waals surface area contributed by atoms with Gasteiger partial charge in [-0.25, -0.2) is 0 Å². The average molecular weight is 264 g/mol. The summed E-state index contributed by atoms with van der Waals surface area (Å²) in [7, 11) is 1.29. The smallest absolute Gasteiger partial charge is 0.318 e. The van der Waals surface area contributed by atoms with E-state index in [0.29, 0.717) is 13.0 Å². The van der Waals surface area contributed by atoms with Crippen LogP contribution >= 0.6 is 0 Å². The highest BCUT2D eigenvalue weighted by Gasteiger charge is 2.30. The molecular weight excluding hydrogens is 244 g/mol. The highest BCUT2D eigenvalue weighted by atomic mass is 16.5. The number of hydrogen-bond acceptors (Lipinski definition) is 4. The van der Waals surface area contributed by atoms with Crippen LogP contribution in [0.25, 0.3) is 0 Å². The van der Waals surface area contributed by atoms with Crippen molar-refractivity contribution >= 4 is 11.9 Å². The van der Waals surface area contributed by atoms with Gasteiger partial charge in [-0.1, -0.05) is 13.8 Å². The van der Waals surface area contributed by atoms with Crippen molar-refractivity contribution in [2.45, 2.75) is 20.3 Å². The molecule has 19 heavy (non-hydrogen) atoms. The minimum absolute atomic E-state index is 0.0895. The lowest BCUT2D eigenvalue weighted by Crippen LogP contribution is -2.39. The second-order valence-corrected chi connectivity index (χ2v) is 4.64. The van der Waals surface area contributed by atoms with E-state index in [1.54, 1.807) is 12.4 Å². The Bertz CT molecular complexity index is 418. The largest absolute Gasteiger partial charge is 0.468 e. The predicted octanol–water partition coefficient (Wildman–Crippen LogP) is 1.19. The Morgan fingerprint density at radius 1 is 1.32 bits per heavy atom. The standard InChI is InChI=1S/C14H20N2O3/c1-10(2)12(14(18)19-3)13(17)16-9-6-11-4-7-15-8-5-11/h4-5,7-8,10,12H,6,9H2,1-3H3,(H,16,17). The minimum atomic E-state index is -0.748. The molecule has 0 spiro atoms. The number of esters is 1. The number of carbonyl (C=O) groups excluding carboxylic acids is 2. The predicted molar refractivity (Wildman–Crippen MR) is 71.3 cm³/mol. The maximum atomic E-state index is 12.0. The number of methoxy groups -OCH3 is 1. The van der Waals surface area contributed by atoms with Crippen LogP contribution in [0.2, 0.25) is 0 Å². The third-order valence-corrected chi connectivity index (χ3v) is 2.87. The fourth-order valence-electron chi connectivity index (χ4n) is 1.80. The Hall–Kier alpha value is -1.91. The van der Waals surface area contributed by atoms with Crippen LogP contribution in [-0.4, -0.2) is 30.5 Å². The molecule has 1 amide bonds. The molecule has 1 rings (SSSR count). The van der Waals surface area contributed by atoms with Crippen molar-refractivity contribution in [2.75, 3.05) is 13.7 Å². The summed E-state index contributed by atoms with van der Waals surface area (Å²) in [6.07, 6.45) is 4.13. The highest BCUT2D eigenvalue weighted by Crippen LogP contribution is 2.12. The second kappa shape index (κ2) is 7.51. The number of nitrogens with one attached hydrogen (secondary N) is 1. The minimum Gasteiger partial charge on any atom is -0.468 e. The Morgan fingerprint density at radius 2 is 1.95 bits per heavy atom. The molecule has 1 N–H and O–H groups in total. The van der Waals surface area contributed by atoms with Crippen molar-refractivity contribution in [3.63, 3.8) is 0 Å². The van der Waals surface area contributed by atoms with E-state index in [9.17, 15) is 9.59 Å². The summed E-state index contributed by atoms with van der Waals surface area (Å²) in [6.45, 7) is 4.14. The maximum Gasteiger partial charge on any atom is 0.318 e. The van der Waals surface area contributed by atoms with E-state index < -0.39 is 11.9 Å². The van der Waals surface area contributed by atoms with Crippen LogP contribution in [0.5, 0.6) is 0 Å². The summed E-state index contributed by atoms with van der Waals surface area (Å²) < 4.78 is 4.65. The van der Waals surface area contributed by atoms with E-state index in [-0.39, 0.29) is 11.8 Å². The van der Waals surface area contributed by atoms with Crippen LogP contribution < -0.4 is 5.32 Å². The van der Waals surface area contributed by atoms with Gasteiger partial charge in [-0.3, -0.25) is 14.6 Å². The molecule has 5 heteroatoms. The lowest BCUT2D eigenvalue weighted by atomic mass is 9.95. The molecule has 0 fully saturated rings. The van der Waals surface area contributed by atoms with Gasteiger partial charge in [0.15, 0.2) is 0 Å². The van der Waals surface area contributed by atoms with Gasteiger partial charge in [-0.15, -0.1) is 0 Å². The molecule has 0 aromatic carbocycles. The molecule has 0 aliphatic heterocycles. The van der Waals surface area contributed by atoms with Crippen molar-refractivity contribution in [3.05, 3.63) is 30.1 Å². The van der Waals surface area contributed by atoms with Gasteiger partial charge in [-0.05, 0) is 30.0 Å². The van der Waals surface area contributed by atoms with Gasteiger partial charge in [0.2, 0.25) is 5.91 Å². The van der Waals surface area contributed by atoms with E-state index >= 15 is 0 Å². The zero-order valence-electron chi connectivity index (χ0n) is 11.6. The van der Waals surface area contributed by atoms with Gasteiger partial charge in [0.05, 0.1) is 7.11 Å². The van der Waals surface area contributed by atoms with Gasteiger partial charge in [-0.2, -0.15) is 0 Å². The summed E-state index contributed by atoms with van der Waals surface area (Å²) in [5.74, 6) is -1.61. The number of aromatic nitrogens is 1. The molecule has 1 aromatic heterocycles. The topological polar surface area (TPSA) is 68.3 Å². The molecule has 104 valence electrons. The van der Waals surface area contributed by atoms with Crippen molar-refractivity contribution in [2.24, 2.45) is 11.8 Å². The maximum absolute atomic E-state index is 12.0. The van der Waals surface area contributed by atoms with Crippen LogP contribution in [0, 0.1) is 11.8 Å². The third-order valence-electron chi connectivity index (χ3n) is 2.87. The molecule has 0 radical (unpaired) electrons. The molecule has 1 heterocycles. The quantitative estimate of drug-likeness (QED) is 0.619. The van der Waals surface area contributed by atoms with Crippen molar-refractivity contribution in [1.29, 1.82) is 0 Å². The van der Waals surface area contributed by atoms with Gasteiger partial charge in [0, 0.05) is 18.9 Å². The average Bonchev–Trinajstić information content (AvgIpc) is 2.39. The van der Waals surface area contributed by atoms with E-state index in [0.717, 1.165) is 5.56 Å². The van der Waals surface area contributed by atoms with Crippen LogP contribution in [0.1, 0.15) is 19.4 Å². The Morgan fingerprint density at radius 3 is 2.47 bits per heavy atom. The molecule has 0 aliphatic rings. The monoisotopic (exact) mass is 264 g/mol. The number of hydrogen-bond donors (Lipinski definition) is 1. The first-order valence-electron chi connectivity index (χ1n) is 6.30. The Kier molecular flexibility index (Phi) is 5.99. The third kappa shape index (κ3) is 4.69. The van der Waals surface area contributed by atoms with Crippen LogP contribution in [0.15, 0.2) is 24.5 Å². The molecule has 0 saturated heterocycles. The number of pyridine rings is 1. The first-order valence-corrected chi connectivity index (χ1v) is 6.30. The Balaban J connectivity index is 2.47. The van der Waals surface area contributed by atoms with Crippen molar-refractivity contribution < 1.29 is 14.3 Å². The Labute approximate surface area is 113 Å². The van der Waals surface area contributed by atoms with E-state index in [4.69, 9.17) is 0 Å². The van der Waals surface area contributed by atoms with Crippen molar-refractivity contribution in [3.8, 4) is 0 Å². The zero-order chi connectivity index (χ0) is 14.3. The molecule has 1 aromatic rings. The van der Waals surface area contributed by atoms with Crippen LogP contribution in [-0.2, 0) is 20.7 Å². The summed E-state index contributed by atoms with van der Waals surface area (Å²) in [5.41, 5.74) is 1.09. The number of nitrogens with zero attached hydrogens (tertiary/aromatic N) is 1. The van der Waals surface area contributed by atoms with E-state index in [1.807, 2.05) is 26.0 Å². The fourth-order valence-corrected chi connectivity index (χ4v) is 1.80. The first-order chi connectivity index (χ1) is 9.06. The summed E-state index contributed by atoms with van der Waals surface area (Å²) >= 11 is 0. The second-order valence-electron chi connectivity index (χ2n) is 4.64. The number of ether oxygens (including phenoxy) is 1. The molecule has 5 nitrogen and oxygen atoms in total. The molecule has 0 saturated carbocycles. The molecule has 1 unspecified atom stereocenters. The van der Waals surface area contributed by atoms with Gasteiger partial charge < -0.3 is 10.1 Å². The lowest BCUT2D eigenvalue weighted by Gasteiger charge is -2.17. The number of carbonyl (C=O) groups is 2. The number of rotatable bonds is 6. The molecule has 0 aliphatic carbocycles. The van der Waals surface area contributed by atoms with Gasteiger partial charge >= 0.3 is 5.97 Å². The van der Waals surface area contributed by atoms with Gasteiger partial charge in [0.25, 0.3) is 0 Å². The number of amides is 1. The summed E-state index contributed by atoms with van der Waals surface area (Å²) in [4.78, 5) is 27.4. The lowest BCUT2D eigenvalue weighted by molar-refractivity contribution is -0.151. The van der Waals surface area contributed by atoms with E-state index in [1.165, 1.54) is 7.11 Å². The fraction of sp³-hybridized carbons (Fsp3) is 0.500. The van der Waals surface area contributed by atoms with Gasteiger partial charge in [0.1, 0.15) is 5.92 Å². The molecule has 0 bridgehead atoms. The van der Waals surface area contributed by atoms with Crippen LogP contribution in [0.3, 0.4) is 0 Å². The highest BCUT2D eigenvalue weighted by molar-refractivity contribution is 5.97. The normalized spacial score (nSPS) is 12.0. The van der Waals surface area contributed by atoms with Crippen LogP contribution in [0.4, 0.5) is 0 Å². The van der Waals surface area contributed by atoms with E-state index in [2.05, 4.69) is 15.0 Å². The molecular formula is C14H20N2O3. The summed E-state index contributed by atoms with van der Waals surface area (Å²) in [6, 6.07) is 3.79. The zero-order valence-corrected chi connectivity index (χ0v) is 11.6. The first kappa shape index (κ1) is 15.1. The molecule has 1 atom stereocenters. The summed E-state index contributed by atoms with van der Waals surface area (Å²) in [5, 5.41) is 2.77. The van der Waals surface area contributed by atoms with Crippen molar-refractivity contribution in [1.82, 2.24) is 10.3 Å². The SMILES string of the molecule is COC(=O)C(C(=O)NCCc1ccncc1)C(C)C.